The number of likely N-dealkylation sites (tertiary alicyclic amines) is 1. The van der Waals surface area contributed by atoms with E-state index in [0.29, 0.717) is 31.7 Å². The van der Waals surface area contributed by atoms with E-state index in [4.69, 9.17) is 4.74 Å². The molecule has 0 aromatic heterocycles. The molecule has 0 atom stereocenters. The van der Waals surface area contributed by atoms with Crippen LogP contribution in [0.4, 0.5) is 4.79 Å². The van der Waals surface area contributed by atoms with Crippen LogP contribution in [0.2, 0.25) is 0 Å². The molecule has 2 fully saturated rings. The molecule has 2 aliphatic heterocycles. The summed E-state index contributed by atoms with van der Waals surface area (Å²) >= 11 is 0. The first-order valence-corrected chi connectivity index (χ1v) is 8.66. The molecule has 1 aromatic carbocycles. The van der Waals surface area contributed by atoms with Gasteiger partial charge < -0.3 is 19.4 Å². The molecule has 0 saturated carbocycles. The molecule has 0 bridgehead atoms. The van der Waals surface area contributed by atoms with Gasteiger partial charge in [-0.2, -0.15) is 0 Å². The second kappa shape index (κ2) is 7.55. The third kappa shape index (κ3) is 3.63. The number of carbonyl (C=O) groups is 2. The smallest absolute Gasteiger partial charge is 0.320 e. The van der Waals surface area contributed by atoms with E-state index in [2.05, 4.69) is 0 Å². The number of ether oxygens (including phenoxy) is 1. The minimum absolute atomic E-state index is 0.0164. The molecule has 2 saturated heterocycles. The Morgan fingerprint density at radius 2 is 1.33 bits per heavy atom. The largest absolute Gasteiger partial charge is 0.497 e. The fourth-order valence-corrected chi connectivity index (χ4v) is 3.30. The zero-order chi connectivity index (χ0) is 16.9. The minimum atomic E-state index is 0.0164. The van der Waals surface area contributed by atoms with Gasteiger partial charge in [-0.25, -0.2) is 4.79 Å². The van der Waals surface area contributed by atoms with Gasteiger partial charge in [0.2, 0.25) is 0 Å². The number of benzene rings is 1. The van der Waals surface area contributed by atoms with Crippen LogP contribution in [0.3, 0.4) is 0 Å². The second-order valence-corrected chi connectivity index (χ2v) is 6.34. The van der Waals surface area contributed by atoms with Gasteiger partial charge in [0.1, 0.15) is 5.75 Å². The number of piperidine rings is 1. The minimum Gasteiger partial charge on any atom is -0.497 e. The molecular weight excluding hydrogens is 306 g/mol. The molecule has 1 aromatic rings. The summed E-state index contributed by atoms with van der Waals surface area (Å²) in [5.41, 5.74) is 0.659. The Morgan fingerprint density at radius 3 is 1.92 bits per heavy atom. The third-order valence-corrected chi connectivity index (χ3v) is 4.80. The maximum absolute atomic E-state index is 12.5. The van der Waals surface area contributed by atoms with E-state index in [0.717, 1.165) is 31.7 Å². The van der Waals surface area contributed by atoms with Gasteiger partial charge in [-0.05, 0) is 43.5 Å². The number of piperazine rings is 1. The predicted octanol–water partition coefficient (Wildman–Crippen LogP) is 2.06. The van der Waals surface area contributed by atoms with Gasteiger partial charge in [-0.15, -0.1) is 0 Å². The standard InChI is InChI=1S/C18H25N3O3/c1-24-16-7-5-15(6-8-16)17(22)19-11-13-21(14-12-19)18(23)20-9-3-2-4-10-20/h5-8H,2-4,9-14H2,1H3. The Hall–Kier alpha value is -2.24. The molecule has 0 spiro atoms. The molecular formula is C18H25N3O3. The molecule has 6 nitrogen and oxygen atoms in total. The summed E-state index contributed by atoms with van der Waals surface area (Å²) in [6.07, 6.45) is 3.41. The number of nitrogens with zero attached hydrogens (tertiary/aromatic N) is 3. The molecule has 0 radical (unpaired) electrons. The number of urea groups is 1. The Balaban J connectivity index is 1.54. The van der Waals surface area contributed by atoms with Crippen molar-refractivity contribution in [2.45, 2.75) is 19.3 Å². The van der Waals surface area contributed by atoms with E-state index in [1.54, 1.807) is 31.4 Å². The fourth-order valence-electron chi connectivity index (χ4n) is 3.30. The van der Waals surface area contributed by atoms with Crippen molar-refractivity contribution in [2.24, 2.45) is 0 Å². The van der Waals surface area contributed by atoms with Gasteiger partial charge in [-0.3, -0.25) is 4.79 Å². The average Bonchev–Trinajstić information content (AvgIpc) is 2.68. The van der Waals surface area contributed by atoms with Crippen LogP contribution in [-0.4, -0.2) is 73.0 Å². The van der Waals surface area contributed by atoms with Crippen molar-refractivity contribution in [3.63, 3.8) is 0 Å². The number of hydrogen-bond acceptors (Lipinski definition) is 3. The van der Waals surface area contributed by atoms with E-state index >= 15 is 0 Å². The van der Waals surface area contributed by atoms with Crippen LogP contribution in [0.15, 0.2) is 24.3 Å². The third-order valence-electron chi connectivity index (χ3n) is 4.80. The Labute approximate surface area is 143 Å². The van der Waals surface area contributed by atoms with Crippen molar-refractivity contribution in [3.05, 3.63) is 29.8 Å². The van der Waals surface area contributed by atoms with Crippen molar-refractivity contribution in [1.82, 2.24) is 14.7 Å². The lowest BCUT2D eigenvalue weighted by molar-refractivity contribution is 0.0633. The molecule has 130 valence electrons. The Morgan fingerprint density at radius 1 is 0.792 bits per heavy atom. The van der Waals surface area contributed by atoms with Gasteiger partial charge >= 0.3 is 6.03 Å². The van der Waals surface area contributed by atoms with Gasteiger partial charge in [-0.1, -0.05) is 0 Å². The Kier molecular flexibility index (Phi) is 5.23. The second-order valence-electron chi connectivity index (χ2n) is 6.34. The molecule has 2 aliphatic rings. The van der Waals surface area contributed by atoms with Crippen molar-refractivity contribution in [1.29, 1.82) is 0 Å². The van der Waals surface area contributed by atoms with Crippen molar-refractivity contribution in [2.75, 3.05) is 46.4 Å². The summed E-state index contributed by atoms with van der Waals surface area (Å²) in [4.78, 5) is 30.7. The van der Waals surface area contributed by atoms with Crippen LogP contribution in [0, 0.1) is 0 Å². The monoisotopic (exact) mass is 331 g/mol. The zero-order valence-electron chi connectivity index (χ0n) is 14.2. The van der Waals surface area contributed by atoms with Crippen LogP contribution in [0.1, 0.15) is 29.6 Å². The van der Waals surface area contributed by atoms with E-state index < -0.39 is 0 Å². The SMILES string of the molecule is COc1ccc(C(=O)N2CCN(C(=O)N3CCCCC3)CC2)cc1. The molecule has 0 N–H and O–H groups in total. The van der Waals surface area contributed by atoms with E-state index in [1.165, 1.54) is 6.42 Å². The maximum Gasteiger partial charge on any atom is 0.320 e. The van der Waals surface area contributed by atoms with E-state index in [-0.39, 0.29) is 11.9 Å². The lowest BCUT2D eigenvalue weighted by atomic mass is 10.1. The lowest BCUT2D eigenvalue weighted by Crippen LogP contribution is -2.54. The fraction of sp³-hybridized carbons (Fsp3) is 0.556. The lowest BCUT2D eigenvalue weighted by Gasteiger charge is -2.38. The van der Waals surface area contributed by atoms with Crippen molar-refractivity contribution < 1.29 is 14.3 Å². The average molecular weight is 331 g/mol. The summed E-state index contributed by atoms with van der Waals surface area (Å²) in [7, 11) is 1.61. The topological polar surface area (TPSA) is 53.1 Å². The molecule has 3 rings (SSSR count). The van der Waals surface area contributed by atoms with E-state index in [1.807, 2.05) is 14.7 Å². The van der Waals surface area contributed by atoms with Gasteiger partial charge in [0.25, 0.3) is 5.91 Å². The molecule has 6 heteroatoms. The van der Waals surface area contributed by atoms with Gasteiger partial charge in [0.05, 0.1) is 7.11 Å². The first-order valence-electron chi connectivity index (χ1n) is 8.66. The molecule has 3 amide bonds. The maximum atomic E-state index is 12.5. The molecule has 24 heavy (non-hydrogen) atoms. The van der Waals surface area contributed by atoms with Crippen LogP contribution in [-0.2, 0) is 0 Å². The van der Waals surface area contributed by atoms with Crippen molar-refractivity contribution >= 4 is 11.9 Å². The number of rotatable bonds is 2. The zero-order valence-corrected chi connectivity index (χ0v) is 14.2. The summed E-state index contributed by atoms with van der Waals surface area (Å²) in [6, 6.07) is 7.29. The highest BCUT2D eigenvalue weighted by Crippen LogP contribution is 2.16. The van der Waals surface area contributed by atoms with E-state index in [9.17, 15) is 9.59 Å². The number of hydrogen-bond donors (Lipinski definition) is 0. The summed E-state index contributed by atoms with van der Waals surface area (Å²) in [5, 5.41) is 0. The Bertz CT molecular complexity index is 574. The molecule has 0 aliphatic carbocycles. The summed E-state index contributed by atoms with van der Waals surface area (Å²) in [5.74, 6) is 0.756. The first-order chi connectivity index (χ1) is 11.7. The number of methoxy groups -OCH3 is 1. The normalized spacial score (nSPS) is 18.5. The molecule has 2 heterocycles. The highest BCUT2D eigenvalue weighted by atomic mass is 16.5. The quantitative estimate of drug-likeness (QED) is 0.833. The molecule has 0 unspecified atom stereocenters. The van der Waals surface area contributed by atoms with Crippen LogP contribution < -0.4 is 4.74 Å². The summed E-state index contributed by atoms with van der Waals surface area (Å²) in [6.45, 7) is 4.12. The number of carbonyl (C=O) groups excluding carboxylic acids is 2. The number of amides is 3. The van der Waals surface area contributed by atoms with Gasteiger partial charge in [0.15, 0.2) is 0 Å². The highest BCUT2D eigenvalue weighted by molar-refractivity contribution is 5.94. The van der Waals surface area contributed by atoms with Gasteiger partial charge in [0, 0.05) is 44.8 Å². The van der Waals surface area contributed by atoms with Crippen LogP contribution in [0.25, 0.3) is 0 Å². The highest BCUT2D eigenvalue weighted by Gasteiger charge is 2.28. The summed E-state index contributed by atoms with van der Waals surface area (Å²) < 4.78 is 5.12. The van der Waals surface area contributed by atoms with Crippen LogP contribution >= 0.6 is 0 Å². The first kappa shape index (κ1) is 16.6. The van der Waals surface area contributed by atoms with Crippen LogP contribution in [0.5, 0.6) is 5.75 Å². The predicted molar refractivity (Wildman–Crippen MR) is 91.3 cm³/mol. The van der Waals surface area contributed by atoms with Crippen molar-refractivity contribution in [3.8, 4) is 5.75 Å².